The summed E-state index contributed by atoms with van der Waals surface area (Å²) in [7, 11) is 1.58. The Morgan fingerprint density at radius 1 is 0.889 bits per heavy atom. The van der Waals surface area contributed by atoms with E-state index in [1.807, 2.05) is 24.3 Å². The van der Waals surface area contributed by atoms with Gasteiger partial charge in [0.1, 0.15) is 5.75 Å². The van der Waals surface area contributed by atoms with Crippen LogP contribution >= 0.6 is 0 Å². The Morgan fingerprint density at radius 3 is 2.25 bits per heavy atom. The van der Waals surface area contributed by atoms with Gasteiger partial charge in [-0.1, -0.05) is 30.3 Å². The van der Waals surface area contributed by atoms with Gasteiger partial charge in [0.15, 0.2) is 6.61 Å². The number of rotatable bonds is 10. The standard InChI is InChI=1S/C26H25N3O7/c1-17-21(8-5-9-23(17)29(33)34)27-25(31)16-36-26(32)20-6-3-4-7-22(20)28-24(30)15-12-18-10-13-19(35-2)14-11-18/h3-11,13-14H,12,15-16H2,1-2H3,(H,27,31)(H,28,30). The zero-order valence-corrected chi connectivity index (χ0v) is 19.8. The molecule has 0 aliphatic carbocycles. The first-order chi connectivity index (χ1) is 17.3. The topological polar surface area (TPSA) is 137 Å². The molecule has 3 rings (SSSR count). The van der Waals surface area contributed by atoms with Gasteiger partial charge in [-0.25, -0.2) is 4.79 Å². The Bertz CT molecular complexity index is 1270. The third-order valence-electron chi connectivity index (χ3n) is 5.33. The third-order valence-corrected chi connectivity index (χ3v) is 5.33. The molecule has 2 amide bonds. The lowest BCUT2D eigenvalue weighted by molar-refractivity contribution is -0.385. The molecule has 0 saturated carbocycles. The lowest BCUT2D eigenvalue weighted by Crippen LogP contribution is -2.22. The second-order valence-corrected chi connectivity index (χ2v) is 7.77. The Labute approximate surface area is 207 Å². The van der Waals surface area contributed by atoms with Crippen LogP contribution in [0.5, 0.6) is 5.75 Å². The Morgan fingerprint density at radius 2 is 1.56 bits per heavy atom. The van der Waals surface area contributed by atoms with Crippen molar-refractivity contribution in [1.82, 2.24) is 0 Å². The molecule has 2 N–H and O–H groups in total. The van der Waals surface area contributed by atoms with Gasteiger partial charge in [0.05, 0.1) is 34.5 Å². The number of nitro benzene ring substituents is 1. The van der Waals surface area contributed by atoms with Gasteiger partial charge in [-0.3, -0.25) is 19.7 Å². The normalized spacial score (nSPS) is 10.3. The van der Waals surface area contributed by atoms with Gasteiger partial charge < -0.3 is 20.1 Å². The summed E-state index contributed by atoms with van der Waals surface area (Å²) in [6, 6.07) is 18.0. The Hall–Kier alpha value is -4.73. The maximum atomic E-state index is 12.6. The van der Waals surface area contributed by atoms with Crippen molar-refractivity contribution >= 4 is 34.8 Å². The molecule has 10 heteroatoms. The highest BCUT2D eigenvalue weighted by Crippen LogP contribution is 2.25. The maximum Gasteiger partial charge on any atom is 0.340 e. The molecule has 0 fully saturated rings. The second kappa shape index (κ2) is 12.1. The van der Waals surface area contributed by atoms with Crippen molar-refractivity contribution in [3.8, 4) is 5.75 Å². The number of carbonyl (C=O) groups is 3. The molecule has 0 unspecified atom stereocenters. The molecule has 0 aromatic heterocycles. The van der Waals surface area contributed by atoms with E-state index in [2.05, 4.69) is 10.6 Å². The molecule has 3 aromatic carbocycles. The molecule has 186 valence electrons. The molecule has 0 aliphatic heterocycles. The summed E-state index contributed by atoms with van der Waals surface area (Å²) in [4.78, 5) is 47.8. The lowest BCUT2D eigenvalue weighted by Gasteiger charge is -2.12. The fraction of sp³-hybridized carbons (Fsp3) is 0.192. The summed E-state index contributed by atoms with van der Waals surface area (Å²) in [6.07, 6.45) is 0.695. The van der Waals surface area contributed by atoms with Crippen molar-refractivity contribution in [2.45, 2.75) is 19.8 Å². The number of nitrogens with one attached hydrogen (secondary N) is 2. The van der Waals surface area contributed by atoms with Crippen molar-refractivity contribution in [2.24, 2.45) is 0 Å². The monoisotopic (exact) mass is 491 g/mol. The number of esters is 1. The summed E-state index contributed by atoms with van der Waals surface area (Å²) < 4.78 is 10.2. The number of hydrogen-bond acceptors (Lipinski definition) is 7. The number of methoxy groups -OCH3 is 1. The Balaban J connectivity index is 1.56. The van der Waals surface area contributed by atoms with E-state index in [4.69, 9.17) is 9.47 Å². The predicted octanol–water partition coefficient (Wildman–Crippen LogP) is 4.28. The minimum absolute atomic E-state index is 0.0922. The van der Waals surface area contributed by atoms with E-state index in [1.54, 1.807) is 25.3 Å². The van der Waals surface area contributed by atoms with Gasteiger partial charge in [-0.05, 0) is 49.2 Å². The van der Waals surface area contributed by atoms with E-state index in [0.717, 1.165) is 11.3 Å². The molecule has 10 nitrogen and oxygen atoms in total. The number of aryl methyl sites for hydroxylation is 1. The highest BCUT2D eigenvalue weighted by molar-refractivity contribution is 6.02. The quantitative estimate of drug-likeness (QED) is 0.245. The van der Waals surface area contributed by atoms with Crippen molar-refractivity contribution in [3.63, 3.8) is 0 Å². The number of nitrogens with zero attached hydrogens (tertiary/aromatic N) is 1. The van der Waals surface area contributed by atoms with Crippen LogP contribution in [0.2, 0.25) is 0 Å². The van der Waals surface area contributed by atoms with Crippen LogP contribution in [0.15, 0.2) is 66.7 Å². The van der Waals surface area contributed by atoms with E-state index in [-0.39, 0.29) is 40.5 Å². The third kappa shape index (κ3) is 6.89. The zero-order chi connectivity index (χ0) is 26.1. The molecule has 0 heterocycles. The van der Waals surface area contributed by atoms with Crippen LogP contribution in [-0.4, -0.2) is 36.4 Å². The first-order valence-electron chi connectivity index (χ1n) is 11.0. The summed E-state index contributed by atoms with van der Waals surface area (Å²) in [5, 5.41) is 16.3. The summed E-state index contributed by atoms with van der Waals surface area (Å²) in [6.45, 7) is 0.897. The van der Waals surface area contributed by atoms with Crippen LogP contribution in [0.3, 0.4) is 0 Å². The van der Waals surface area contributed by atoms with Gasteiger partial charge in [-0.15, -0.1) is 0 Å². The van der Waals surface area contributed by atoms with Crippen LogP contribution in [-0.2, 0) is 20.7 Å². The summed E-state index contributed by atoms with van der Waals surface area (Å²) in [5.74, 6) is -1.02. The van der Waals surface area contributed by atoms with Crippen LogP contribution in [0.25, 0.3) is 0 Å². The van der Waals surface area contributed by atoms with Crippen LogP contribution in [0.1, 0.15) is 27.9 Å². The van der Waals surface area contributed by atoms with Crippen molar-refractivity contribution in [2.75, 3.05) is 24.4 Å². The predicted molar refractivity (Wildman–Crippen MR) is 133 cm³/mol. The number of hydrogen-bond donors (Lipinski definition) is 2. The van der Waals surface area contributed by atoms with Crippen molar-refractivity contribution < 1.29 is 28.8 Å². The van der Waals surface area contributed by atoms with E-state index in [1.165, 1.54) is 31.2 Å². The summed E-state index contributed by atoms with van der Waals surface area (Å²) >= 11 is 0. The van der Waals surface area contributed by atoms with E-state index in [0.29, 0.717) is 6.42 Å². The number of para-hydroxylation sites is 1. The number of carbonyl (C=O) groups excluding carboxylic acids is 3. The minimum atomic E-state index is -0.799. The first kappa shape index (κ1) is 25.9. The van der Waals surface area contributed by atoms with Crippen molar-refractivity contribution in [3.05, 3.63) is 93.5 Å². The largest absolute Gasteiger partial charge is 0.497 e. The molecule has 0 atom stereocenters. The van der Waals surface area contributed by atoms with Crippen LogP contribution in [0.4, 0.5) is 17.1 Å². The van der Waals surface area contributed by atoms with Gasteiger partial charge in [-0.2, -0.15) is 0 Å². The zero-order valence-electron chi connectivity index (χ0n) is 19.8. The minimum Gasteiger partial charge on any atom is -0.497 e. The van der Waals surface area contributed by atoms with E-state index in [9.17, 15) is 24.5 Å². The highest BCUT2D eigenvalue weighted by atomic mass is 16.6. The second-order valence-electron chi connectivity index (χ2n) is 7.77. The molecular weight excluding hydrogens is 466 g/mol. The van der Waals surface area contributed by atoms with Crippen LogP contribution in [0, 0.1) is 17.0 Å². The average Bonchev–Trinajstić information content (AvgIpc) is 2.87. The SMILES string of the molecule is COc1ccc(CCC(=O)Nc2ccccc2C(=O)OCC(=O)Nc2cccc([N+](=O)[O-])c2C)cc1. The highest BCUT2D eigenvalue weighted by Gasteiger charge is 2.18. The number of amides is 2. The molecular formula is C26H25N3O7. The average molecular weight is 492 g/mol. The Kier molecular flexibility index (Phi) is 8.71. The molecule has 36 heavy (non-hydrogen) atoms. The van der Waals surface area contributed by atoms with Crippen LogP contribution < -0.4 is 15.4 Å². The fourth-order valence-corrected chi connectivity index (χ4v) is 3.38. The number of ether oxygens (including phenoxy) is 2. The number of benzene rings is 3. The molecule has 0 radical (unpaired) electrons. The first-order valence-corrected chi connectivity index (χ1v) is 11.0. The molecule has 3 aromatic rings. The molecule has 0 spiro atoms. The number of anilines is 2. The lowest BCUT2D eigenvalue weighted by atomic mass is 10.1. The van der Waals surface area contributed by atoms with E-state index < -0.39 is 23.4 Å². The molecule has 0 aliphatic rings. The van der Waals surface area contributed by atoms with Gasteiger partial charge in [0.25, 0.3) is 11.6 Å². The van der Waals surface area contributed by atoms with Crippen molar-refractivity contribution in [1.29, 1.82) is 0 Å². The maximum absolute atomic E-state index is 12.6. The van der Waals surface area contributed by atoms with Gasteiger partial charge in [0, 0.05) is 12.5 Å². The van der Waals surface area contributed by atoms with E-state index >= 15 is 0 Å². The van der Waals surface area contributed by atoms with Gasteiger partial charge in [0.2, 0.25) is 5.91 Å². The fourth-order valence-electron chi connectivity index (χ4n) is 3.38. The molecule has 0 bridgehead atoms. The summed E-state index contributed by atoms with van der Waals surface area (Å²) in [5.41, 5.74) is 1.71. The van der Waals surface area contributed by atoms with Gasteiger partial charge >= 0.3 is 5.97 Å². The molecule has 0 saturated heterocycles. The smallest absolute Gasteiger partial charge is 0.340 e. The number of nitro groups is 1.